The minimum atomic E-state index is -0.581. The quantitative estimate of drug-likeness (QED) is 0.155. The van der Waals surface area contributed by atoms with E-state index in [0.717, 1.165) is 28.3 Å². The summed E-state index contributed by atoms with van der Waals surface area (Å²) in [7, 11) is 0. The minimum Gasteiger partial charge on any atom is -0.396 e. The third-order valence-corrected chi connectivity index (χ3v) is 4.39. The van der Waals surface area contributed by atoms with Gasteiger partial charge in [0.05, 0.1) is 30.1 Å². The molecule has 0 aliphatic rings. The number of rotatable bonds is 10. The maximum absolute atomic E-state index is 12.1. The van der Waals surface area contributed by atoms with Crippen molar-refractivity contribution in [2.75, 3.05) is 18.5 Å². The summed E-state index contributed by atoms with van der Waals surface area (Å²) < 4.78 is 4.91. The highest BCUT2D eigenvalue weighted by Crippen LogP contribution is 2.21. The van der Waals surface area contributed by atoms with Crippen LogP contribution in [0.2, 0.25) is 0 Å². The van der Waals surface area contributed by atoms with Crippen molar-refractivity contribution >= 4 is 40.1 Å². The molecule has 0 aliphatic carbocycles. The van der Waals surface area contributed by atoms with Crippen LogP contribution >= 0.6 is 23.4 Å². The molecule has 0 atom stereocenters. The predicted octanol–water partition coefficient (Wildman–Crippen LogP) is 3.01. The average molecular weight is 414 g/mol. The molecule has 0 radical (unpaired) electrons. The lowest BCUT2D eigenvalue weighted by Gasteiger charge is -2.05. The zero-order valence-corrected chi connectivity index (χ0v) is 16.7. The van der Waals surface area contributed by atoms with Crippen LogP contribution in [0.25, 0.3) is 0 Å². The average Bonchev–Trinajstić information content (AvgIpc) is 3.17. The molecule has 27 heavy (non-hydrogen) atoms. The number of hydrogen-bond donors (Lipinski definition) is 4. The smallest absolute Gasteiger partial charge is 0.275 e. The van der Waals surface area contributed by atoms with E-state index >= 15 is 0 Å². The Bertz CT molecular complexity index is 707. The topological polar surface area (TPSA) is 125 Å². The van der Waals surface area contributed by atoms with Crippen LogP contribution in [0.1, 0.15) is 30.7 Å². The van der Waals surface area contributed by atoms with Crippen molar-refractivity contribution < 1.29 is 24.2 Å². The summed E-state index contributed by atoms with van der Waals surface area (Å²) in [5, 5.41) is 28.4. The number of aromatic nitrogens is 1. The summed E-state index contributed by atoms with van der Waals surface area (Å²) in [6.45, 7) is 4.19. The maximum Gasteiger partial charge on any atom is 0.275 e. The molecule has 148 valence electrons. The van der Waals surface area contributed by atoms with Crippen LogP contribution in [0.5, 0.6) is 0 Å². The number of amides is 1. The monoisotopic (exact) mass is 413 g/mol. The van der Waals surface area contributed by atoms with Gasteiger partial charge in [-0.05, 0) is 18.6 Å². The first-order valence-electron chi connectivity index (χ1n) is 8.27. The summed E-state index contributed by atoms with van der Waals surface area (Å²) in [6, 6.07) is 6.65. The van der Waals surface area contributed by atoms with E-state index in [-0.39, 0.29) is 18.9 Å². The first-order valence-corrected chi connectivity index (χ1v) is 9.82. The molecular formula is C17H23N3O5S2. The van der Waals surface area contributed by atoms with Crippen LogP contribution in [0.15, 0.2) is 35.4 Å². The third kappa shape index (κ3) is 8.16. The van der Waals surface area contributed by atoms with Gasteiger partial charge in [0.1, 0.15) is 5.71 Å². The second-order valence-electron chi connectivity index (χ2n) is 4.69. The summed E-state index contributed by atoms with van der Waals surface area (Å²) in [6.07, 6.45) is 1.96. The predicted molar refractivity (Wildman–Crippen MR) is 106 cm³/mol. The Balaban J connectivity index is 0.00000176. The van der Waals surface area contributed by atoms with Crippen LogP contribution in [-0.4, -0.2) is 40.0 Å². The number of anilines is 1. The molecule has 0 unspecified atom stereocenters. The molecule has 2 rings (SSSR count). The number of carbonyl (C=O) groups excluding carboxylic acids is 1. The van der Waals surface area contributed by atoms with Crippen molar-refractivity contribution in [1.82, 2.24) is 4.98 Å². The molecule has 0 fully saturated rings. The fraction of sp³-hybridized carbons (Fsp3) is 0.353. The van der Waals surface area contributed by atoms with Gasteiger partial charge in [0.25, 0.3) is 5.91 Å². The summed E-state index contributed by atoms with van der Waals surface area (Å²) in [4.78, 5) is 22.2. The van der Waals surface area contributed by atoms with Crippen molar-refractivity contribution in [1.29, 1.82) is 5.41 Å². The molecule has 0 saturated carbocycles. The minimum absolute atomic E-state index is 0.0369. The van der Waals surface area contributed by atoms with Crippen LogP contribution in [0.3, 0.4) is 0 Å². The maximum atomic E-state index is 12.1. The Labute approximate surface area is 166 Å². The lowest BCUT2D eigenvalue weighted by atomic mass is 10.1. The van der Waals surface area contributed by atoms with Gasteiger partial charge < -0.3 is 10.2 Å². The molecule has 10 heteroatoms. The molecule has 0 aliphatic heterocycles. The molecule has 8 nitrogen and oxygen atoms in total. The molecule has 0 bridgehead atoms. The number of hydrogen-bond acceptors (Lipinski definition) is 9. The third-order valence-electron chi connectivity index (χ3n) is 2.86. The van der Waals surface area contributed by atoms with Crippen LogP contribution in [0.4, 0.5) is 5.13 Å². The molecule has 4 N–H and O–H groups in total. The Kier molecular flexibility index (Phi) is 11.5. The SMILES string of the molecule is CC.N=C(C(=O)Nc1ncc(CO)s1)c1ccc(SOOCCCO)cc1. The lowest BCUT2D eigenvalue weighted by Crippen LogP contribution is -2.22. The van der Waals surface area contributed by atoms with E-state index in [2.05, 4.69) is 10.3 Å². The normalized spacial score (nSPS) is 10.1. The Hall–Kier alpha value is -1.82. The summed E-state index contributed by atoms with van der Waals surface area (Å²) in [5.41, 5.74) is 0.249. The molecule has 1 heterocycles. The lowest BCUT2D eigenvalue weighted by molar-refractivity contribution is -0.192. The number of thiazole rings is 1. The Morgan fingerprint density at radius 3 is 2.59 bits per heavy atom. The van der Waals surface area contributed by atoms with Gasteiger partial charge in [0.15, 0.2) is 5.13 Å². The van der Waals surface area contributed by atoms with Crippen molar-refractivity contribution in [3.05, 3.63) is 40.9 Å². The highest BCUT2D eigenvalue weighted by Gasteiger charge is 2.14. The first kappa shape index (κ1) is 23.2. The number of benzene rings is 1. The van der Waals surface area contributed by atoms with E-state index in [0.29, 0.717) is 28.6 Å². The van der Waals surface area contributed by atoms with Crippen molar-refractivity contribution in [2.24, 2.45) is 0 Å². The second-order valence-corrected chi connectivity index (χ2v) is 6.58. The zero-order chi connectivity index (χ0) is 20.1. The Morgan fingerprint density at radius 1 is 1.30 bits per heavy atom. The van der Waals surface area contributed by atoms with Crippen LogP contribution in [0, 0.1) is 5.41 Å². The highest BCUT2D eigenvalue weighted by molar-refractivity contribution is 7.94. The molecule has 0 saturated heterocycles. The van der Waals surface area contributed by atoms with E-state index in [1.807, 2.05) is 13.8 Å². The molecule has 0 spiro atoms. The fourth-order valence-electron chi connectivity index (χ4n) is 1.63. The van der Waals surface area contributed by atoms with E-state index in [9.17, 15) is 4.79 Å². The second kappa shape index (κ2) is 13.4. The Morgan fingerprint density at radius 2 is 2.00 bits per heavy atom. The number of aliphatic hydroxyl groups excluding tert-OH is 2. The van der Waals surface area contributed by atoms with Gasteiger partial charge in [0.2, 0.25) is 0 Å². The number of carbonyl (C=O) groups is 1. The van der Waals surface area contributed by atoms with Crippen LogP contribution in [-0.2, 0) is 20.6 Å². The van der Waals surface area contributed by atoms with E-state index in [1.165, 1.54) is 6.20 Å². The van der Waals surface area contributed by atoms with Gasteiger partial charge in [-0.1, -0.05) is 37.3 Å². The van der Waals surface area contributed by atoms with Gasteiger partial charge >= 0.3 is 0 Å². The fourth-order valence-corrected chi connectivity index (χ4v) is 2.74. The largest absolute Gasteiger partial charge is 0.396 e. The highest BCUT2D eigenvalue weighted by atomic mass is 32.2. The molecule has 1 aromatic heterocycles. The van der Waals surface area contributed by atoms with Crippen molar-refractivity contribution in [3.8, 4) is 0 Å². The summed E-state index contributed by atoms with van der Waals surface area (Å²) >= 11 is 2.15. The molecule has 1 aromatic carbocycles. The first-order chi connectivity index (χ1) is 13.1. The van der Waals surface area contributed by atoms with Gasteiger partial charge in [-0.15, -0.1) is 0 Å². The molecule has 1 amide bonds. The molecule has 2 aromatic rings. The van der Waals surface area contributed by atoms with Crippen molar-refractivity contribution in [2.45, 2.75) is 31.8 Å². The van der Waals surface area contributed by atoms with Gasteiger partial charge in [-0.25, -0.2) is 9.87 Å². The molecular weight excluding hydrogens is 390 g/mol. The number of nitrogens with one attached hydrogen (secondary N) is 2. The van der Waals surface area contributed by atoms with E-state index in [1.54, 1.807) is 24.3 Å². The van der Waals surface area contributed by atoms with E-state index in [4.69, 9.17) is 24.8 Å². The van der Waals surface area contributed by atoms with Gasteiger partial charge in [-0.2, -0.15) is 4.33 Å². The van der Waals surface area contributed by atoms with Gasteiger partial charge in [-0.3, -0.25) is 15.5 Å². The van der Waals surface area contributed by atoms with Crippen LogP contribution < -0.4 is 5.32 Å². The van der Waals surface area contributed by atoms with E-state index < -0.39 is 5.91 Å². The summed E-state index contributed by atoms with van der Waals surface area (Å²) in [5.74, 6) is -0.581. The number of nitrogens with zero attached hydrogens (tertiary/aromatic N) is 1. The number of aliphatic hydroxyl groups is 2. The van der Waals surface area contributed by atoms with Gasteiger partial charge in [0, 0.05) is 23.3 Å². The van der Waals surface area contributed by atoms with Crippen molar-refractivity contribution in [3.63, 3.8) is 0 Å². The standard InChI is InChI=1S/C15H17N3O5S2.C2H6/c16-13(14(21)18-15-17-8-12(9-20)24-15)10-2-4-11(5-3-10)25-23-22-7-1-6-19;1-2/h2-5,8,16,19-20H,1,6-7,9H2,(H,17,18,21);1-2H3. The zero-order valence-electron chi connectivity index (χ0n) is 15.1.